The van der Waals surface area contributed by atoms with Crippen molar-refractivity contribution in [1.29, 1.82) is 0 Å². The number of hydrogen-bond donors (Lipinski definition) is 1. The molecule has 0 atom stereocenters. The molecule has 5 nitrogen and oxygen atoms in total. The summed E-state index contributed by atoms with van der Waals surface area (Å²) in [6.07, 6.45) is 2.81. The number of rotatable bonds is 3. The van der Waals surface area contributed by atoms with E-state index in [0.717, 1.165) is 0 Å². The molecule has 0 saturated heterocycles. The van der Waals surface area contributed by atoms with Crippen LogP contribution >= 0.6 is 0 Å². The number of pyridine rings is 1. The summed E-state index contributed by atoms with van der Waals surface area (Å²) in [5.41, 5.74) is -0.123. The number of aromatic nitrogens is 1. The van der Waals surface area contributed by atoms with Crippen LogP contribution in [0.5, 0.6) is 5.75 Å². The average Bonchev–Trinajstić information content (AvgIpc) is 2.43. The Morgan fingerprint density at radius 1 is 1.30 bits per heavy atom. The highest BCUT2D eigenvalue weighted by Gasteiger charge is 2.18. The van der Waals surface area contributed by atoms with Crippen LogP contribution in [0, 0.1) is 0 Å². The van der Waals surface area contributed by atoms with Gasteiger partial charge in [0, 0.05) is 38.8 Å². The maximum absolute atomic E-state index is 12.2. The standard InChI is InChI=1S/C15H16N2O3/c1-16(2)9-8-12(18)13-14(19)10-6-4-5-7-11(10)17(3)15(13)20/h4-9,19H,1-3H3/b9-8+. The number of benzene rings is 1. The van der Waals surface area contributed by atoms with Crippen molar-refractivity contribution in [3.8, 4) is 5.75 Å². The van der Waals surface area contributed by atoms with Crippen LogP contribution in [0.15, 0.2) is 41.3 Å². The molecule has 0 aliphatic carbocycles. The number of aromatic hydroxyl groups is 1. The first kappa shape index (κ1) is 13.9. The van der Waals surface area contributed by atoms with E-state index in [1.807, 2.05) is 0 Å². The smallest absolute Gasteiger partial charge is 0.265 e. The molecule has 0 saturated carbocycles. The Kier molecular flexibility index (Phi) is 3.61. The van der Waals surface area contributed by atoms with Gasteiger partial charge in [-0.15, -0.1) is 0 Å². The predicted octanol–water partition coefficient (Wildman–Crippen LogP) is 1.50. The van der Waals surface area contributed by atoms with Crippen LogP contribution < -0.4 is 5.56 Å². The molecule has 1 N–H and O–H groups in total. The van der Waals surface area contributed by atoms with Crippen molar-refractivity contribution in [1.82, 2.24) is 9.47 Å². The number of nitrogens with zero attached hydrogens (tertiary/aromatic N) is 2. The number of carbonyl (C=O) groups excluding carboxylic acids is 1. The number of ketones is 1. The molecule has 0 aliphatic rings. The maximum atomic E-state index is 12.2. The topological polar surface area (TPSA) is 62.5 Å². The first-order valence-electron chi connectivity index (χ1n) is 6.13. The van der Waals surface area contributed by atoms with Gasteiger partial charge in [-0.2, -0.15) is 0 Å². The summed E-state index contributed by atoms with van der Waals surface area (Å²) < 4.78 is 1.37. The van der Waals surface area contributed by atoms with E-state index in [4.69, 9.17) is 0 Å². The van der Waals surface area contributed by atoms with Crippen molar-refractivity contribution < 1.29 is 9.90 Å². The van der Waals surface area contributed by atoms with Gasteiger partial charge in [0.15, 0.2) is 5.78 Å². The molecule has 0 fully saturated rings. The third-order valence-electron chi connectivity index (χ3n) is 3.05. The highest BCUT2D eigenvalue weighted by molar-refractivity contribution is 6.09. The summed E-state index contributed by atoms with van der Waals surface area (Å²) in [6, 6.07) is 6.92. The molecule has 0 aliphatic heterocycles. The van der Waals surface area contributed by atoms with Crippen molar-refractivity contribution in [3.05, 3.63) is 52.5 Å². The quantitative estimate of drug-likeness (QED) is 0.679. The zero-order valence-corrected chi connectivity index (χ0v) is 11.6. The molecule has 5 heteroatoms. The molecule has 0 radical (unpaired) electrons. The summed E-state index contributed by atoms with van der Waals surface area (Å²) in [5.74, 6) is -0.778. The first-order valence-corrected chi connectivity index (χ1v) is 6.13. The number of allylic oxidation sites excluding steroid dienone is 1. The Morgan fingerprint density at radius 2 is 1.95 bits per heavy atom. The van der Waals surface area contributed by atoms with Gasteiger partial charge in [-0.1, -0.05) is 12.1 Å². The van der Waals surface area contributed by atoms with Crippen LogP contribution in [0.4, 0.5) is 0 Å². The maximum Gasteiger partial charge on any atom is 0.265 e. The lowest BCUT2D eigenvalue weighted by Crippen LogP contribution is -2.24. The van der Waals surface area contributed by atoms with Gasteiger partial charge in [0.25, 0.3) is 5.56 Å². The van der Waals surface area contributed by atoms with E-state index >= 15 is 0 Å². The zero-order valence-electron chi connectivity index (χ0n) is 11.6. The zero-order chi connectivity index (χ0) is 14.9. The van der Waals surface area contributed by atoms with Gasteiger partial charge in [0.05, 0.1) is 5.52 Å². The normalized spacial score (nSPS) is 11.2. The summed E-state index contributed by atoms with van der Waals surface area (Å²) >= 11 is 0. The molecule has 1 aromatic carbocycles. The van der Waals surface area contributed by atoms with E-state index in [2.05, 4.69) is 0 Å². The van der Waals surface area contributed by atoms with E-state index in [1.54, 1.807) is 50.3 Å². The van der Waals surface area contributed by atoms with Crippen LogP contribution in [0.1, 0.15) is 10.4 Å². The number of para-hydroxylation sites is 1. The molecule has 0 spiro atoms. The second kappa shape index (κ2) is 5.21. The van der Waals surface area contributed by atoms with Crippen molar-refractivity contribution >= 4 is 16.7 Å². The summed E-state index contributed by atoms with van der Waals surface area (Å²) in [6.45, 7) is 0. The van der Waals surface area contributed by atoms with Crippen LogP contribution in [0.3, 0.4) is 0 Å². The van der Waals surface area contributed by atoms with Crippen LogP contribution in [0.25, 0.3) is 10.9 Å². The molecular formula is C15H16N2O3. The number of aryl methyl sites for hydroxylation is 1. The number of fused-ring (bicyclic) bond motifs is 1. The lowest BCUT2D eigenvalue weighted by Gasteiger charge is -2.10. The lowest BCUT2D eigenvalue weighted by atomic mass is 10.1. The Balaban J connectivity index is 2.72. The highest BCUT2D eigenvalue weighted by Crippen LogP contribution is 2.26. The predicted molar refractivity (Wildman–Crippen MR) is 78.0 cm³/mol. The monoisotopic (exact) mass is 272 g/mol. The van der Waals surface area contributed by atoms with Gasteiger partial charge >= 0.3 is 0 Å². The fourth-order valence-corrected chi connectivity index (χ4v) is 2.00. The molecule has 0 unspecified atom stereocenters. The molecule has 2 rings (SSSR count). The minimum Gasteiger partial charge on any atom is -0.506 e. The van der Waals surface area contributed by atoms with Crippen LogP contribution in [-0.4, -0.2) is 34.5 Å². The fourth-order valence-electron chi connectivity index (χ4n) is 2.00. The molecule has 0 amide bonds. The number of carbonyl (C=O) groups is 1. The summed E-state index contributed by atoms with van der Waals surface area (Å²) in [5, 5.41) is 10.7. The largest absolute Gasteiger partial charge is 0.506 e. The van der Waals surface area contributed by atoms with Gasteiger partial charge in [0.1, 0.15) is 11.3 Å². The van der Waals surface area contributed by atoms with E-state index in [9.17, 15) is 14.7 Å². The second-order valence-electron chi connectivity index (χ2n) is 4.75. The molecule has 1 heterocycles. The van der Waals surface area contributed by atoms with Crippen molar-refractivity contribution in [2.45, 2.75) is 0 Å². The minimum atomic E-state index is -0.512. The third-order valence-corrected chi connectivity index (χ3v) is 3.05. The highest BCUT2D eigenvalue weighted by atomic mass is 16.3. The summed E-state index contributed by atoms with van der Waals surface area (Å²) in [4.78, 5) is 26.0. The van der Waals surface area contributed by atoms with Crippen LogP contribution in [0.2, 0.25) is 0 Å². The van der Waals surface area contributed by atoms with Crippen LogP contribution in [-0.2, 0) is 7.05 Å². The van der Waals surface area contributed by atoms with Gasteiger partial charge in [-0.25, -0.2) is 0 Å². The Morgan fingerprint density at radius 3 is 2.60 bits per heavy atom. The van der Waals surface area contributed by atoms with Gasteiger partial charge in [0.2, 0.25) is 0 Å². The Bertz CT molecular complexity index is 758. The van der Waals surface area contributed by atoms with Crippen molar-refractivity contribution in [3.63, 3.8) is 0 Å². The molecule has 20 heavy (non-hydrogen) atoms. The van der Waals surface area contributed by atoms with E-state index in [-0.39, 0.29) is 11.3 Å². The average molecular weight is 272 g/mol. The minimum absolute atomic E-state index is 0.204. The molecule has 0 bridgehead atoms. The van der Waals surface area contributed by atoms with E-state index < -0.39 is 11.3 Å². The summed E-state index contributed by atoms with van der Waals surface area (Å²) in [7, 11) is 5.11. The SMILES string of the molecule is CN(C)/C=C/C(=O)c1c(O)c2ccccc2n(C)c1=O. The first-order chi connectivity index (χ1) is 9.43. The fraction of sp³-hybridized carbons (Fsp3) is 0.200. The number of hydrogen-bond acceptors (Lipinski definition) is 4. The lowest BCUT2D eigenvalue weighted by molar-refractivity contribution is 0.104. The van der Waals surface area contributed by atoms with E-state index in [1.165, 1.54) is 16.8 Å². The van der Waals surface area contributed by atoms with Crippen molar-refractivity contribution in [2.75, 3.05) is 14.1 Å². The van der Waals surface area contributed by atoms with Crippen molar-refractivity contribution in [2.24, 2.45) is 7.05 Å². The van der Waals surface area contributed by atoms with Gasteiger partial charge < -0.3 is 14.6 Å². The second-order valence-corrected chi connectivity index (χ2v) is 4.75. The Hall–Kier alpha value is -2.56. The van der Waals surface area contributed by atoms with Gasteiger partial charge in [-0.3, -0.25) is 9.59 Å². The van der Waals surface area contributed by atoms with E-state index in [0.29, 0.717) is 10.9 Å². The molecular weight excluding hydrogens is 256 g/mol. The third kappa shape index (κ3) is 2.30. The molecule has 104 valence electrons. The molecule has 2 aromatic rings. The van der Waals surface area contributed by atoms with Gasteiger partial charge in [-0.05, 0) is 12.1 Å². The Labute approximate surface area is 116 Å². The molecule has 1 aromatic heterocycles.